The van der Waals surface area contributed by atoms with Gasteiger partial charge in [-0.15, -0.1) is 0 Å². The van der Waals surface area contributed by atoms with Crippen LogP contribution in [-0.2, 0) is 11.2 Å². The Bertz CT molecular complexity index is 914. The minimum atomic E-state index is -0.127. The molecule has 1 amide bonds. The van der Waals surface area contributed by atoms with Gasteiger partial charge in [0.1, 0.15) is 11.6 Å². The Morgan fingerprint density at radius 1 is 1.12 bits per heavy atom. The molecule has 1 N–H and O–H groups in total. The van der Waals surface area contributed by atoms with E-state index in [-0.39, 0.29) is 12.3 Å². The van der Waals surface area contributed by atoms with Gasteiger partial charge >= 0.3 is 0 Å². The molecule has 0 spiro atoms. The second kappa shape index (κ2) is 7.35. The van der Waals surface area contributed by atoms with Gasteiger partial charge in [0, 0.05) is 5.69 Å². The third-order valence-electron chi connectivity index (χ3n) is 4.16. The molecule has 0 fully saturated rings. The number of methoxy groups -OCH3 is 1. The molecule has 0 aliphatic heterocycles. The van der Waals surface area contributed by atoms with Crippen LogP contribution in [0.4, 0.5) is 5.69 Å². The van der Waals surface area contributed by atoms with Gasteiger partial charge in [0.05, 0.1) is 37.3 Å². The molecule has 0 radical (unpaired) electrons. The predicted octanol–water partition coefficient (Wildman–Crippen LogP) is 2.78. The van der Waals surface area contributed by atoms with Crippen molar-refractivity contribution in [3.8, 4) is 11.7 Å². The number of nitrogens with zero attached hydrogens (tertiary/aromatic N) is 4. The summed E-state index contributed by atoms with van der Waals surface area (Å²) >= 11 is 0. The van der Waals surface area contributed by atoms with Crippen molar-refractivity contribution in [2.75, 3.05) is 12.4 Å². The third-order valence-corrected chi connectivity index (χ3v) is 4.16. The van der Waals surface area contributed by atoms with E-state index in [2.05, 4.69) is 20.3 Å². The molecule has 3 aromatic rings. The Balaban J connectivity index is 1.67. The molecule has 7 heteroatoms. The van der Waals surface area contributed by atoms with Gasteiger partial charge in [-0.3, -0.25) is 9.36 Å². The van der Waals surface area contributed by atoms with E-state index in [0.29, 0.717) is 11.6 Å². The van der Waals surface area contributed by atoms with E-state index < -0.39 is 0 Å². The fraction of sp³-hybridized carbons (Fsp3) is 0.263. The normalized spacial score (nSPS) is 10.6. The molecular weight excluding hydrogens is 330 g/mol. The Morgan fingerprint density at radius 3 is 2.31 bits per heavy atom. The zero-order valence-corrected chi connectivity index (χ0v) is 15.3. The highest BCUT2D eigenvalue weighted by Gasteiger charge is 2.12. The maximum atomic E-state index is 12.2. The lowest BCUT2D eigenvalue weighted by atomic mass is 10.1. The number of nitrogens with one attached hydrogen (secondary N) is 1. The van der Waals surface area contributed by atoms with Gasteiger partial charge in [0.2, 0.25) is 11.9 Å². The highest BCUT2D eigenvalue weighted by atomic mass is 16.5. The van der Waals surface area contributed by atoms with Crippen LogP contribution in [-0.4, -0.2) is 32.5 Å². The van der Waals surface area contributed by atoms with Crippen molar-refractivity contribution in [1.29, 1.82) is 0 Å². The van der Waals surface area contributed by atoms with Crippen LogP contribution in [0.15, 0.2) is 36.7 Å². The zero-order chi connectivity index (χ0) is 18.7. The predicted molar refractivity (Wildman–Crippen MR) is 98.7 cm³/mol. The summed E-state index contributed by atoms with van der Waals surface area (Å²) in [6, 6.07) is 7.40. The van der Waals surface area contributed by atoms with Gasteiger partial charge < -0.3 is 10.1 Å². The molecule has 3 rings (SSSR count). The summed E-state index contributed by atoms with van der Waals surface area (Å²) < 4.78 is 7.00. The molecule has 0 atom stereocenters. The summed E-state index contributed by atoms with van der Waals surface area (Å²) in [6.45, 7) is 5.84. The first-order valence-electron chi connectivity index (χ1n) is 8.25. The van der Waals surface area contributed by atoms with E-state index in [0.717, 1.165) is 28.5 Å². The zero-order valence-electron chi connectivity index (χ0n) is 15.3. The first-order chi connectivity index (χ1) is 12.5. The standard InChI is InChI=1S/C19H21N5O2/c1-12-13(2)24(14(3)22-12)19-20-10-16(11-21-19)23-18(25)9-15-5-7-17(26-4)8-6-15/h5-8,10-11H,9H2,1-4H3,(H,23,25). The van der Waals surface area contributed by atoms with Gasteiger partial charge in [-0.05, 0) is 38.5 Å². The first-order valence-corrected chi connectivity index (χ1v) is 8.25. The van der Waals surface area contributed by atoms with Crippen LogP contribution >= 0.6 is 0 Å². The number of anilines is 1. The summed E-state index contributed by atoms with van der Waals surface area (Å²) in [5.41, 5.74) is 3.40. The van der Waals surface area contributed by atoms with Crippen molar-refractivity contribution in [3.05, 3.63) is 59.4 Å². The minimum Gasteiger partial charge on any atom is -0.497 e. The summed E-state index contributed by atoms with van der Waals surface area (Å²) in [5.74, 6) is 2.00. The average Bonchev–Trinajstić information content (AvgIpc) is 2.88. The first kappa shape index (κ1) is 17.6. The minimum absolute atomic E-state index is 0.127. The maximum Gasteiger partial charge on any atom is 0.235 e. The number of rotatable bonds is 5. The lowest BCUT2D eigenvalue weighted by molar-refractivity contribution is -0.115. The average molecular weight is 351 g/mol. The number of amides is 1. The number of carbonyl (C=O) groups is 1. The largest absolute Gasteiger partial charge is 0.497 e. The molecule has 26 heavy (non-hydrogen) atoms. The van der Waals surface area contributed by atoms with Gasteiger partial charge in [-0.1, -0.05) is 12.1 Å². The van der Waals surface area contributed by atoms with E-state index in [1.807, 2.05) is 49.6 Å². The van der Waals surface area contributed by atoms with Crippen LogP contribution in [0.1, 0.15) is 22.8 Å². The Labute approximate surface area is 152 Å². The second-order valence-corrected chi connectivity index (χ2v) is 6.01. The molecule has 0 aliphatic rings. The number of ether oxygens (including phenoxy) is 1. The fourth-order valence-corrected chi connectivity index (χ4v) is 2.71. The highest BCUT2D eigenvalue weighted by molar-refractivity contribution is 5.91. The van der Waals surface area contributed by atoms with E-state index in [4.69, 9.17) is 4.74 Å². The van der Waals surface area contributed by atoms with Crippen molar-refractivity contribution < 1.29 is 9.53 Å². The number of aryl methyl sites for hydroxylation is 2. The molecule has 1 aromatic carbocycles. The molecule has 2 heterocycles. The highest BCUT2D eigenvalue weighted by Crippen LogP contribution is 2.15. The number of aromatic nitrogens is 4. The molecular formula is C19H21N5O2. The number of hydrogen-bond donors (Lipinski definition) is 1. The van der Waals surface area contributed by atoms with E-state index in [1.54, 1.807) is 19.5 Å². The van der Waals surface area contributed by atoms with Crippen LogP contribution in [0.3, 0.4) is 0 Å². The number of imidazole rings is 1. The van der Waals surface area contributed by atoms with E-state index >= 15 is 0 Å². The maximum absolute atomic E-state index is 12.2. The number of hydrogen-bond acceptors (Lipinski definition) is 5. The quantitative estimate of drug-likeness (QED) is 0.764. The molecule has 0 aliphatic carbocycles. The molecule has 0 saturated carbocycles. The molecule has 0 saturated heterocycles. The molecule has 2 aromatic heterocycles. The Morgan fingerprint density at radius 2 is 1.77 bits per heavy atom. The molecule has 7 nitrogen and oxygen atoms in total. The van der Waals surface area contributed by atoms with Crippen LogP contribution < -0.4 is 10.1 Å². The van der Waals surface area contributed by atoms with Crippen LogP contribution in [0.2, 0.25) is 0 Å². The Kier molecular flexibility index (Phi) is 4.97. The van der Waals surface area contributed by atoms with E-state index in [9.17, 15) is 4.79 Å². The van der Waals surface area contributed by atoms with E-state index in [1.165, 1.54) is 0 Å². The van der Waals surface area contributed by atoms with Crippen molar-refractivity contribution in [2.45, 2.75) is 27.2 Å². The lowest BCUT2D eigenvalue weighted by Crippen LogP contribution is -2.15. The summed E-state index contributed by atoms with van der Waals surface area (Å²) in [7, 11) is 1.61. The summed E-state index contributed by atoms with van der Waals surface area (Å²) in [4.78, 5) is 25.3. The van der Waals surface area contributed by atoms with Crippen LogP contribution in [0.5, 0.6) is 5.75 Å². The van der Waals surface area contributed by atoms with Crippen molar-refractivity contribution in [2.24, 2.45) is 0 Å². The van der Waals surface area contributed by atoms with Crippen LogP contribution in [0.25, 0.3) is 5.95 Å². The van der Waals surface area contributed by atoms with Gasteiger partial charge in [0.25, 0.3) is 0 Å². The van der Waals surface area contributed by atoms with Gasteiger partial charge in [-0.25, -0.2) is 15.0 Å². The monoisotopic (exact) mass is 351 g/mol. The summed E-state index contributed by atoms with van der Waals surface area (Å²) in [6.07, 6.45) is 3.47. The topological polar surface area (TPSA) is 81.9 Å². The van der Waals surface area contributed by atoms with Crippen molar-refractivity contribution in [3.63, 3.8) is 0 Å². The smallest absolute Gasteiger partial charge is 0.235 e. The Hall–Kier alpha value is -3.22. The van der Waals surface area contributed by atoms with Crippen molar-refractivity contribution in [1.82, 2.24) is 19.5 Å². The molecule has 0 unspecified atom stereocenters. The molecule has 0 bridgehead atoms. The SMILES string of the molecule is COc1ccc(CC(=O)Nc2cnc(-n3c(C)nc(C)c3C)nc2)cc1. The lowest BCUT2D eigenvalue weighted by Gasteiger charge is -2.08. The molecule has 134 valence electrons. The summed E-state index contributed by atoms with van der Waals surface area (Å²) in [5, 5.41) is 2.81. The fourth-order valence-electron chi connectivity index (χ4n) is 2.71. The number of benzene rings is 1. The third kappa shape index (κ3) is 3.72. The number of carbonyl (C=O) groups excluding carboxylic acids is 1. The second-order valence-electron chi connectivity index (χ2n) is 6.01. The van der Waals surface area contributed by atoms with Crippen molar-refractivity contribution >= 4 is 11.6 Å². The van der Waals surface area contributed by atoms with Gasteiger partial charge in [-0.2, -0.15) is 0 Å². The van der Waals surface area contributed by atoms with Gasteiger partial charge in [0.15, 0.2) is 0 Å². The van der Waals surface area contributed by atoms with Crippen LogP contribution in [0, 0.1) is 20.8 Å².